The van der Waals surface area contributed by atoms with Crippen molar-refractivity contribution >= 4 is 10.8 Å². The quantitative estimate of drug-likeness (QED) is 0.877. The van der Waals surface area contributed by atoms with E-state index in [1.807, 2.05) is 0 Å². The van der Waals surface area contributed by atoms with Gasteiger partial charge in [-0.05, 0) is 39.5 Å². The van der Waals surface area contributed by atoms with E-state index in [2.05, 4.69) is 70.2 Å². The van der Waals surface area contributed by atoms with Crippen LogP contribution in [0.15, 0.2) is 42.5 Å². The Morgan fingerprint density at radius 3 is 2.15 bits per heavy atom. The van der Waals surface area contributed by atoms with E-state index >= 15 is 0 Å². The molecular formula is C19H25N. The van der Waals surface area contributed by atoms with Gasteiger partial charge < -0.3 is 5.73 Å². The van der Waals surface area contributed by atoms with Crippen LogP contribution in [0.2, 0.25) is 0 Å². The highest BCUT2D eigenvalue weighted by atomic mass is 14.8. The van der Waals surface area contributed by atoms with Crippen molar-refractivity contribution in [2.75, 3.05) is 0 Å². The van der Waals surface area contributed by atoms with E-state index in [9.17, 15) is 0 Å². The second-order valence-electron chi connectivity index (χ2n) is 7.47. The van der Waals surface area contributed by atoms with Crippen molar-refractivity contribution in [2.24, 2.45) is 22.5 Å². The van der Waals surface area contributed by atoms with Gasteiger partial charge in [-0.2, -0.15) is 0 Å². The van der Waals surface area contributed by atoms with Crippen molar-refractivity contribution in [3.05, 3.63) is 48.0 Å². The van der Waals surface area contributed by atoms with Gasteiger partial charge in [-0.15, -0.1) is 0 Å². The monoisotopic (exact) mass is 267 g/mol. The van der Waals surface area contributed by atoms with Gasteiger partial charge in [0.25, 0.3) is 0 Å². The Morgan fingerprint density at radius 1 is 0.950 bits per heavy atom. The van der Waals surface area contributed by atoms with Gasteiger partial charge in [-0.3, -0.25) is 0 Å². The Hall–Kier alpha value is -1.34. The summed E-state index contributed by atoms with van der Waals surface area (Å²) in [6.45, 7) is 9.38. The Bertz CT molecular complexity index is 625. The Balaban J connectivity index is 1.80. The highest BCUT2D eigenvalue weighted by Gasteiger charge is 2.66. The molecule has 2 aromatic carbocycles. The zero-order valence-electron chi connectivity index (χ0n) is 13.0. The van der Waals surface area contributed by atoms with Crippen LogP contribution in [0.4, 0.5) is 0 Å². The second kappa shape index (κ2) is 4.33. The van der Waals surface area contributed by atoms with E-state index < -0.39 is 0 Å². The average molecular weight is 267 g/mol. The predicted octanol–water partition coefficient (Wildman–Crippen LogP) is 4.39. The fourth-order valence-electron chi connectivity index (χ4n) is 4.07. The van der Waals surface area contributed by atoms with Gasteiger partial charge >= 0.3 is 0 Å². The summed E-state index contributed by atoms with van der Waals surface area (Å²) >= 11 is 0. The van der Waals surface area contributed by atoms with Crippen LogP contribution in [0.25, 0.3) is 10.8 Å². The zero-order valence-corrected chi connectivity index (χ0v) is 13.0. The van der Waals surface area contributed by atoms with Crippen molar-refractivity contribution in [1.29, 1.82) is 0 Å². The Morgan fingerprint density at radius 2 is 1.55 bits per heavy atom. The lowest BCUT2D eigenvalue weighted by molar-refractivity contribution is 0.457. The smallest absolute Gasteiger partial charge is 0.0118 e. The molecule has 1 nitrogen and oxygen atoms in total. The Labute approximate surface area is 122 Å². The summed E-state index contributed by atoms with van der Waals surface area (Å²) in [5, 5.41) is 2.61. The molecule has 1 saturated carbocycles. The minimum absolute atomic E-state index is 0.251. The number of nitrogens with two attached hydrogens (primary N) is 1. The molecule has 2 N–H and O–H groups in total. The first-order valence-electron chi connectivity index (χ1n) is 7.57. The molecule has 106 valence electrons. The summed E-state index contributed by atoms with van der Waals surface area (Å²) in [7, 11) is 0. The maximum absolute atomic E-state index is 6.51. The van der Waals surface area contributed by atoms with Crippen molar-refractivity contribution in [2.45, 2.75) is 40.2 Å². The molecule has 2 aromatic rings. The van der Waals surface area contributed by atoms with Crippen LogP contribution in [0.5, 0.6) is 0 Å². The summed E-state index contributed by atoms with van der Waals surface area (Å²) in [5.74, 6) is 0.612. The molecule has 0 radical (unpaired) electrons. The second-order valence-corrected chi connectivity index (χ2v) is 7.47. The highest BCUT2D eigenvalue weighted by molar-refractivity contribution is 5.83. The van der Waals surface area contributed by atoms with Gasteiger partial charge in [0.05, 0.1) is 0 Å². The molecule has 0 aliphatic heterocycles. The van der Waals surface area contributed by atoms with E-state index in [1.165, 1.54) is 16.3 Å². The molecule has 1 atom stereocenters. The van der Waals surface area contributed by atoms with E-state index in [0.29, 0.717) is 16.7 Å². The average Bonchev–Trinajstić information content (AvgIpc) is 2.79. The van der Waals surface area contributed by atoms with E-state index in [4.69, 9.17) is 5.73 Å². The van der Waals surface area contributed by atoms with Crippen LogP contribution in [0.1, 0.15) is 33.3 Å². The molecule has 0 heterocycles. The maximum atomic E-state index is 6.51. The fraction of sp³-hybridized carbons (Fsp3) is 0.474. The van der Waals surface area contributed by atoms with Crippen LogP contribution in [-0.2, 0) is 6.42 Å². The van der Waals surface area contributed by atoms with Crippen molar-refractivity contribution in [3.63, 3.8) is 0 Å². The van der Waals surface area contributed by atoms with Crippen molar-refractivity contribution < 1.29 is 0 Å². The first-order valence-corrected chi connectivity index (χ1v) is 7.57. The highest BCUT2D eigenvalue weighted by Crippen LogP contribution is 2.69. The van der Waals surface area contributed by atoms with Crippen LogP contribution in [-0.4, -0.2) is 6.04 Å². The number of hydrogen-bond acceptors (Lipinski definition) is 1. The van der Waals surface area contributed by atoms with Gasteiger partial charge in [-0.25, -0.2) is 0 Å². The largest absolute Gasteiger partial charge is 0.327 e. The Kier molecular flexibility index (Phi) is 2.95. The molecule has 0 bridgehead atoms. The van der Waals surface area contributed by atoms with Crippen molar-refractivity contribution in [3.8, 4) is 0 Å². The van der Waals surface area contributed by atoms with Gasteiger partial charge in [0.15, 0.2) is 0 Å². The molecule has 3 rings (SSSR count). The third kappa shape index (κ3) is 1.96. The van der Waals surface area contributed by atoms with Crippen LogP contribution in [0, 0.1) is 16.7 Å². The fourth-order valence-corrected chi connectivity index (χ4v) is 4.07. The number of benzene rings is 2. The zero-order chi connectivity index (χ0) is 14.5. The van der Waals surface area contributed by atoms with Gasteiger partial charge in [0.2, 0.25) is 0 Å². The molecule has 1 heteroatoms. The summed E-state index contributed by atoms with van der Waals surface area (Å²) < 4.78 is 0. The van der Waals surface area contributed by atoms with Gasteiger partial charge in [0, 0.05) is 6.04 Å². The van der Waals surface area contributed by atoms with Gasteiger partial charge in [-0.1, -0.05) is 70.2 Å². The van der Waals surface area contributed by atoms with Crippen LogP contribution >= 0.6 is 0 Å². The third-order valence-corrected chi connectivity index (χ3v) is 5.85. The molecule has 0 saturated heterocycles. The van der Waals surface area contributed by atoms with E-state index in [-0.39, 0.29) is 6.04 Å². The molecule has 20 heavy (non-hydrogen) atoms. The summed E-state index contributed by atoms with van der Waals surface area (Å²) in [4.78, 5) is 0. The summed E-state index contributed by atoms with van der Waals surface area (Å²) in [6, 6.07) is 15.5. The molecule has 0 spiro atoms. The molecule has 1 fully saturated rings. The first kappa shape index (κ1) is 13.6. The van der Waals surface area contributed by atoms with Gasteiger partial charge in [0.1, 0.15) is 0 Å². The number of hydrogen-bond donors (Lipinski definition) is 1. The van der Waals surface area contributed by atoms with Crippen molar-refractivity contribution in [1.82, 2.24) is 0 Å². The summed E-state index contributed by atoms with van der Waals surface area (Å²) in [6.07, 6.45) is 0.975. The molecule has 1 aliphatic rings. The minimum Gasteiger partial charge on any atom is -0.327 e. The topological polar surface area (TPSA) is 26.0 Å². The summed E-state index contributed by atoms with van der Waals surface area (Å²) in [5.41, 5.74) is 8.59. The van der Waals surface area contributed by atoms with E-state index in [0.717, 1.165) is 6.42 Å². The number of fused-ring (bicyclic) bond motifs is 1. The lowest BCUT2D eigenvalue weighted by atomic mass is 9.96. The molecule has 1 aliphatic carbocycles. The minimum atomic E-state index is 0.251. The predicted molar refractivity (Wildman–Crippen MR) is 86.7 cm³/mol. The van der Waals surface area contributed by atoms with Crippen LogP contribution < -0.4 is 5.73 Å². The van der Waals surface area contributed by atoms with E-state index in [1.54, 1.807) is 0 Å². The molecule has 1 unspecified atom stereocenters. The SMILES string of the molecule is CC1(C)C(C(N)Cc2ccc3ccccc3c2)C1(C)C. The standard InChI is InChI=1S/C19H25N/c1-18(2)17(19(18,3)4)16(20)12-13-9-10-14-7-5-6-8-15(14)11-13/h5-11,16-17H,12,20H2,1-4H3. The molecule has 0 aromatic heterocycles. The lowest BCUT2D eigenvalue weighted by Crippen LogP contribution is -2.28. The lowest BCUT2D eigenvalue weighted by Gasteiger charge is -2.14. The maximum Gasteiger partial charge on any atom is 0.0118 e. The first-order chi connectivity index (χ1) is 9.34. The van der Waals surface area contributed by atoms with Crippen LogP contribution in [0.3, 0.4) is 0 Å². The number of rotatable bonds is 3. The molecule has 0 amide bonds. The molecular weight excluding hydrogens is 242 g/mol. The normalized spacial score (nSPS) is 21.9. The third-order valence-electron chi connectivity index (χ3n) is 5.85.